The van der Waals surface area contributed by atoms with Gasteiger partial charge in [-0.15, -0.1) is 0 Å². The quantitative estimate of drug-likeness (QED) is 0.809. The third-order valence-electron chi connectivity index (χ3n) is 4.26. The molecule has 0 bridgehead atoms. The zero-order chi connectivity index (χ0) is 20.2. The van der Waals surface area contributed by atoms with Gasteiger partial charge in [0.15, 0.2) is 16.4 Å². The number of para-hydroxylation sites is 1. The second-order valence-corrected chi connectivity index (χ2v) is 10.4. The van der Waals surface area contributed by atoms with Crippen LogP contribution in [0.25, 0.3) is 0 Å². The zero-order valence-corrected chi connectivity index (χ0v) is 17.3. The average Bonchev–Trinajstić information content (AvgIpc) is 2.53. The first kappa shape index (κ1) is 21.0. The van der Waals surface area contributed by atoms with Crippen molar-refractivity contribution >= 4 is 21.4 Å². The molecule has 0 saturated heterocycles. The molecule has 1 amide bonds. The number of ether oxygens (including phenoxy) is 1. The fourth-order valence-corrected chi connectivity index (χ4v) is 3.59. The Labute approximate surface area is 161 Å². The Morgan fingerprint density at radius 3 is 2.22 bits per heavy atom. The first-order valence-electron chi connectivity index (χ1n) is 8.80. The van der Waals surface area contributed by atoms with E-state index in [0.717, 1.165) is 11.1 Å². The number of amides is 1. The van der Waals surface area contributed by atoms with Crippen molar-refractivity contribution in [3.63, 3.8) is 0 Å². The Morgan fingerprint density at radius 1 is 1.04 bits per heavy atom. The van der Waals surface area contributed by atoms with Crippen LogP contribution in [-0.2, 0) is 20.4 Å². The van der Waals surface area contributed by atoms with Gasteiger partial charge < -0.3 is 10.1 Å². The van der Waals surface area contributed by atoms with Crippen molar-refractivity contribution < 1.29 is 17.9 Å². The molecule has 27 heavy (non-hydrogen) atoms. The molecule has 0 heterocycles. The molecule has 0 radical (unpaired) electrons. The van der Waals surface area contributed by atoms with E-state index in [9.17, 15) is 13.2 Å². The Morgan fingerprint density at radius 2 is 1.63 bits per heavy atom. The van der Waals surface area contributed by atoms with Crippen LogP contribution in [0, 0.1) is 13.8 Å². The van der Waals surface area contributed by atoms with Crippen molar-refractivity contribution in [3.05, 3.63) is 59.2 Å². The Bertz CT molecular complexity index is 907. The van der Waals surface area contributed by atoms with Gasteiger partial charge in [-0.25, -0.2) is 8.42 Å². The number of aryl methyl sites for hydroxylation is 2. The maximum atomic E-state index is 12.4. The third-order valence-corrected chi connectivity index (χ3v) is 6.84. The summed E-state index contributed by atoms with van der Waals surface area (Å²) in [6.45, 7) is 8.78. The highest BCUT2D eigenvalue weighted by molar-refractivity contribution is 7.91. The van der Waals surface area contributed by atoms with E-state index in [1.807, 2.05) is 32.0 Å². The first-order chi connectivity index (χ1) is 12.5. The number of hydrogen-bond acceptors (Lipinski definition) is 4. The van der Waals surface area contributed by atoms with Gasteiger partial charge in [-0.2, -0.15) is 0 Å². The summed E-state index contributed by atoms with van der Waals surface area (Å²) in [7, 11) is -3.29. The van der Waals surface area contributed by atoms with E-state index in [1.54, 1.807) is 45.0 Å². The molecule has 0 aliphatic heterocycles. The lowest BCUT2D eigenvalue weighted by molar-refractivity contribution is -0.118. The smallest absolute Gasteiger partial charge is 0.262 e. The predicted octanol–water partition coefficient (Wildman–Crippen LogP) is 4.03. The molecule has 0 aromatic heterocycles. The normalized spacial score (nSPS) is 11.9. The monoisotopic (exact) mass is 389 g/mol. The van der Waals surface area contributed by atoms with Crippen LogP contribution in [-0.4, -0.2) is 25.7 Å². The van der Waals surface area contributed by atoms with E-state index in [-0.39, 0.29) is 18.3 Å². The van der Waals surface area contributed by atoms with E-state index in [0.29, 0.717) is 17.0 Å². The third kappa shape index (κ3) is 5.57. The van der Waals surface area contributed by atoms with Crippen molar-refractivity contribution in [1.82, 2.24) is 0 Å². The first-order valence-corrected chi connectivity index (χ1v) is 10.4. The Balaban J connectivity index is 2.02. The molecule has 0 saturated carbocycles. The molecule has 0 aliphatic rings. The standard InChI is InChI=1S/C21H27NO4S/c1-15-8-6-9-16(2)20(15)26-13-19(23)22-18-11-7-10-17(12-18)14-27(24,25)21(3,4)5/h6-12H,13-14H2,1-5H3,(H,22,23). The summed E-state index contributed by atoms with van der Waals surface area (Å²) in [5, 5.41) is 2.76. The lowest BCUT2D eigenvalue weighted by Crippen LogP contribution is -2.29. The van der Waals surface area contributed by atoms with Gasteiger partial charge in [-0.05, 0) is 63.4 Å². The number of carbonyl (C=O) groups is 1. The Kier molecular flexibility index (Phi) is 6.31. The Hall–Kier alpha value is -2.34. The van der Waals surface area contributed by atoms with E-state index in [1.165, 1.54) is 0 Å². The minimum atomic E-state index is -3.29. The van der Waals surface area contributed by atoms with Gasteiger partial charge in [-0.1, -0.05) is 30.3 Å². The van der Waals surface area contributed by atoms with Crippen molar-refractivity contribution in [1.29, 1.82) is 0 Å². The van der Waals surface area contributed by atoms with Gasteiger partial charge in [-0.3, -0.25) is 4.79 Å². The topological polar surface area (TPSA) is 72.5 Å². The number of nitrogens with one attached hydrogen (secondary N) is 1. The lowest BCUT2D eigenvalue weighted by atomic mass is 10.1. The van der Waals surface area contributed by atoms with Crippen molar-refractivity contribution in [2.45, 2.75) is 45.1 Å². The highest BCUT2D eigenvalue weighted by atomic mass is 32.2. The SMILES string of the molecule is Cc1cccc(C)c1OCC(=O)Nc1cccc(CS(=O)(=O)C(C)(C)C)c1. The summed E-state index contributed by atoms with van der Waals surface area (Å²) >= 11 is 0. The molecule has 6 heteroatoms. The predicted molar refractivity (Wildman–Crippen MR) is 109 cm³/mol. The van der Waals surface area contributed by atoms with Gasteiger partial charge in [0.05, 0.1) is 10.5 Å². The number of hydrogen-bond donors (Lipinski definition) is 1. The van der Waals surface area contributed by atoms with Gasteiger partial charge >= 0.3 is 0 Å². The number of rotatable bonds is 6. The average molecular weight is 390 g/mol. The van der Waals surface area contributed by atoms with Crippen LogP contribution in [0.4, 0.5) is 5.69 Å². The van der Waals surface area contributed by atoms with Crippen molar-refractivity contribution in [2.24, 2.45) is 0 Å². The van der Waals surface area contributed by atoms with Crippen molar-refractivity contribution in [2.75, 3.05) is 11.9 Å². The molecule has 2 rings (SSSR count). The second kappa shape index (κ2) is 8.13. The summed E-state index contributed by atoms with van der Waals surface area (Å²) < 4.78 is 29.6. The fourth-order valence-electron chi connectivity index (χ4n) is 2.54. The summed E-state index contributed by atoms with van der Waals surface area (Å²) in [5.41, 5.74) is 3.12. The van der Waals surface area contributed by atoms with Crippen molar-refractivity contribution in [3.8, 4) is 5.75 Å². The molecule has 5 nitrogen and oxygen atoms in total. The molecular weight excluding hydrogens is 362 g/mol. The van der Waals surface area contributed by atoms with Crippen LogP contribution in [0.3, 0.4) is 0 Å². The van der Waals surface area contributed by atoms with Crippen LogP contribution in [0.2, 0.25) is 0 Å². The summed E-state index contributed by atoms with van der Waals surface area (Å²) in [4.78, 5) is 12.2. The maximum absolute atomic E-state index is 12.4. The van der Waals surface area contributed by atoms with E-state index in [2.05, 4.69) is 5.32 Å². The molecule has 1 N–H and O–H groups in total. The lowest BCUT2D eigenvalue weighted by Gasteiger charge is -2.19. The highest BCUT2D eigenvalue weighted by Gasteiger charge is 2.29. The molecule has 2 aromatic carbocycles. The van der Waals surface area contributed by atoms with E-state index in [4.69, 9.17) is 4.74 Å². The maximum Gasteiger partial charge on any atom is 0.262 e. The number of carbonyl (C=O) groups excluding carboxylic acids is 1. The molecule has 2 aromatic rings. The molecule has 0 atom stereocenters. The highest BCUT2D eigenvalue weighted by Crippen LogP contribution is 2.23. The second-order valence-electron chi connectivity index (χ2n) is 7.63. The fraction of sp³-hybridized carbons (Fsp3) is 0.381. The summed E-state index contributed by atoms with van der Waals surface area (Å²) in [6, 6.07) is 12.7. The molecule has 0 spiro atoms. The van der Waals surface area contributed by atoms with Crippen LogP contribution in [0.5, 0.6) is 5.75 Å². The number of sulfone groups is 1. The molecule has 0 fully saturated rings. The van der Waals surface area contributed by atoms with Gasteiger partial charge in [0.25, 0.3) is 5.91 Å². The van der Waals surface area contributed by atoms with Gasteiger partial charge in [0, 0.05) is 5.69 Å². The molecule has 0 unspecified atom stereocenters. The minimum absolute atomic E-state index is 0.0703. The summed E-state index contributed by atoms with van der Waals surface area (Å²) in [6.07, 6.45) is 0. The van der Waals surface area contributed by atoms with Crippen LogP contribution < -0.4 is 10.1 Å². The summed E-state index contributed by atoms with van der Waals surface area (Å²) in [5.74, 6) is 0.338. The van der Waals surface area contributed by atoms with Crippen LogP contribution in [0.15, 0.2) is 42.5 Å². The molecule has 0 aliphatic carbocycles. The van der Waals surface area contributed by atoms with E-state index < -0.39 is 14.6 Å². The van der Waals surface area contributed by atoms with E-state index >= 15 is 0 Å². The van der Waals surface area contributed by atoms with Crippen LogP contribution >= 0.6 is 0 Å². The molecule has 146 valence electrons. The largest absolute Gasteiger partial charge is 0.483 e. The minimum Gasteiger partial charge on any atom is -0.483 e. The number of anilines is 1. The van der Waals surface area contributed by atoms with Gasteiger partial charge in [0.1, 0.15) is 5.75 Å². The van der Waals surface area contributed by atoms with Crippen LogP contribution in [0.1, 0.15) is 37.5 Å². The zero-order valence-electron chi connectivity index (χ0n) is 16.5. The van der Waals surface area contributed by atoms with Gasteiger partial charge in [0.2, 0.25) is 0 Å². The molecular formula is C21H27NO4S. The number of benzene rings is 2.